The summed E-state index contributed by atoms with van der Waals surface area (Å²) in [4.78, 5) is 14.8. The van der Waals surface area contributed by atoms with Gasteiger partial charge in [0.2, 0.25) is 13.6 Å². The van der Waals surface area contributed by atoms with Crippen LogP contribution in [-0.2, 0) is 11.2 Å². The standard InChI is InChI=1S/C22H21NO6/c1-12-19-13(4-5-16-21(19)29-11-26-16)6-7-23(2)20(12)14-8-17-18(28-10-27-17)9-15(14)22(24)25-3/h4-5,8-9,20H,1,6-7,10-11H2,2-3H3. The number of likely N-dealkylation sites (N-methyl/N-ethyl adjacent to an activating group) is 1. The highest BCUT2D eigenvalue weighted by molar-refractivity contribution is 5.94. The van der Waals surface area contributed by atoms with Gasteiger partial charge in [0.05, 0.1) is 18.7 Å². The molecule has 2 aromatic carbocycles. The number of rotatable bonds is 2. The van der Waals surface area contributed by atoms with Gasteiger partial charge in [-0.1, -0.05) is 12.6 Å². The van der Waals surface area contributed by atoms with E-state index in [0.29, 0.717) is 28.6 Å². The van der Waals surface area contributed by atoms with Gasteiger partial charge < -0.3 is 23.7 Å². The second-order valence-electron chi connectivity index (χ2n) is 7.28. The Bertz CT molecular complexity index is 1030. The molecule has 0 bridgehead atoms. The quantitative estimate of drug-likeness (QED) is 0.724. The van der Waals surface area contributed by atoms with Gasteiger partial charge in [-0.3, -0.25) is 4.90 Å². The molecule has 0 saturated heterocycles. The Balaban J connectivity index is 1.69. The molecule has 0 radical (unpaired) electrons. The lowest BCUT2D eigenvalue weighted by Crippen LogP contribution is -2.27. The first-order valence-electron chi connectivity index (χ1n) is 9.41. The molecule has 1 atom stereocenters. The SMILES string of the molecule is C=C1c2c(ccc3c2OCO3)CCN(C)C1c1cc2c(cc1C(=O)OC)OCO2. The lowest BCUT2D eigenvalue weighted by Gasteiger charge is -2.29. The Kier molecular flexibility index (Phi) is 4.13. The van der Waals surface area contributed by atoms with E-state index in [-0.39, 0.29) is 19.6 Å². The van der Waals surface area contributed by atoms with Gasteiger partial charge in [-0.05, 0) is 48.4 Å². The molecule has 2 aromatic rings. The molecular formula is C22H21NO6. The van der Waals surface area contributed by atoms with E-state index in [4.69, 9.17) is 23.7 Å². The Labute approximate surface area is 168 Å². The highest BCUT2D eigenvalue weighted by atomic mass is 16.7. The Hall–Kier alpha value is -3.19. The molecule has 5 rings (SSSR count). The highest BCUT2D eigenvalue weighted by Crippen LogP contribution is 2.49. The number of esters is 1. The van der Waals surface area contributed by atoms with Crippen LogP contribution in [0.5, 0.6) is 23.0 Å². The van der Waals surface area contributed by atoms with Crippen molar-refractivity contribution < 1.29 is 28.5 Å². The average molecular weight is 395 g/mol. The first-order chi connectivity index (χ1) is 14.1. The maximum Gasteiger partial charge on any atom is 0.338 e. The third-order valence-corrected chi connectivity index (χ3v) is 5.70. The van der Waals surface area contributed by atoms with Crippen LogP contribution >= 0.6 is 0 Å². The van der Waals surface area contributed by atoms with Crippen molar-refractivity contribution in [2.45, 2.75) is 12.5 Å². The summed E-state index contributed by atoms with van der Waals surface area (Å²) >= 11 is 0. The molecule has 0 fully saturated rings. The van der Waals surface area contributed by atoms with E-state index >= 15 is 0 Å². The van der Waals surface area contributed by atoms with Crippen molar-refractivity contribution in [2.24, 2.45) is 0 Å². The fourth-order valence-corrected chi connectivity index (χ4v) is 4.30. The fraction of sp³-hybridized carbons (Fsp3) is 0.318. The molecular weight excluding hydrogens is 374 g/mol. The summed E-state index contributed by atoms with van der Waals surface area (Å²) in [7, 11) is 3.39. The van der Waals surface area contributed by atoms with E-state index in [0.717, 1.165) is 35.2 Å². The van der Waals surface area contributed by atoms with Crippen LogP contribution in [0.3, 0.4) is 0 Å². The minimum absolute atomic E-state index is 0.127. The Morgan fingerprint density at radius 3 is 2.62 bits per heavy atom. The molecule has 150 valence electrons. The molecule has 3 heterocycles. The maximum absolute atomic E-state index is 12.6. The number of carbonyl (C=O) groups excluding carboxylic acids is 1. The third kappa shape index (κ3) is 2.73. The number of hydrogen-bond donors (Lipinski definition) is 0. The van der Waals surface area contributed by atoms with Gasteiger partial charge in [0.15, 0.2) is 23.0 Å². The lowest BCUT2D eigenvalue weighted by atomic mass is 9.88. The van der Waals surface area contributed by atoms with Crippen molar-refractivity contribution in [3.05, 3.63) is 53.1 Å². The second-order valence-corrected chi connectivity index (χ2v) is 7.28. The number of methoxy groups -OCH3 is 1. The van der Waals surface area contributed by atoms with Crippen LogP contribution in [0, 0.1) is 0 Å². The number of benzene rings is 2. The zero-order chi connectivity index (χ0) is 20.1. The minimum atomic E-state index is -0.429. The molecule has 1 unspecified atom stereocenters. The summed E-state index contributed by atoms with van der Waals surface area (Å²) < 4.78 is 27.4. The monoisotopic (exact) mass is 395 g/mol. The lowest BCUT2D eigenvalue weighted by molar-refractivity contribution is 0.0597. The highest BCUT2D eigenvalue weighted by Gasteiger charge is 2.35. The van der Waals surface area contributed by atoms with E-state index in [2.05, 4.69) is 17.5 Å². The normalized spacial score (nSPS) is 19.7. The van der Waals surface area contributed by atoms with E-state index < -0.39 is 5.97 Å². The number of carbonyl (C=O) groups is 1. The van der Waals surface area contributed by atoms with Crippen LogP contribution in [0.15, 0.2) is 30.8 Å². The maximum atomic E-state index is 12.6. The van der Waals surface area contributed by atoms with Gasteiger partial charge in [-0.2, -0.15) is 0 Å². The van der Waals surface area contributed by atoms with Crippen molar-refractivity contribution in [1.82, 2.24) is 4.90 Å². The summed E-state index contributed by atoms with van der Waals surface area (Å²) in [6, 6.07) is 7.27. The minimum Gasteiger partial charge on any atom is -0.465 e. The zero-order valence-electron chi connectivity index (χ0n) is 16.3. The van der Waals surface area contributed by atoms with Gasteiger partial charge in [-0.25, -0.2) is 4.79 Å². The van der Waals surface area contributed by atoms with Crippen molar-refractivity contribution in [3.63, 3.8) is 0 Å². The predicted molar refractivity (Wildman–Crippen MR) is 105 cm³/mol. The summed E-state index contributed by atoms with van der Waals surface area (Å²) in [5.41, 5.74) is 4.13. The number of hydrogen-bond acceptors (Lipinski definition) is 7. The van der Waals surface area contributed by atoms with Gasteiger partial charge >= 0.3 is 5.97 Å². The summed E-state index contributed by atoms with van der Waals surface area (Å²) in [6.07, 6.45) is 0.829. The Morgan fingerprint density at radius 1 is 1.10 bits per heavy atom. The van der Waals surface area contributed by atoms with E-state index in [1.807, 2.05) is 19.2 Å². The van der Waals surface area contributed by atoms with Crippen molar-refractivity contribution >= 4 is 11.5 Å². The van der Waals surface area contributed by atoms with Crippen LogP contribution in [0.1, 0.15) is 33.1 Å². The molecule has 0 aromatic heterocycles. The molecule has 0 amide bonds. The van der Waals surface area contributed by atoms with E-state index in [1.54, 1.807) is 6.07 Å². The first-order valence-corrected chi connectivity index (χ1v) is 9.41. The van der Waals surface area contributed by atoms with E-state index in [9.17, 15) is 4.79 Å². The average Bonchev–Trinajstić information content (AvgIpc) is 3.36. The van der Waals surface area contributed by atoms with Crippen LogP contribution in [0.4, 0.5) is 0 Å². The summed E-state index contributed by atoms with van der Waals surface area (Å²) in [6.45, 7) is 5.52. The topological polar surface area (TPSA) is 66.5 Å². The van der Waals surface area contributed by atoms with Crippen LogP contribution in [0.2, 0.25) is 0 Å². The van der Waals surface area contributed by atoms with E-state index in [1.165, 1.54) is 7.11 Å². The molecule has 7 heteroatoms. The summed E-state index contributed by atoms with van der Waals surface area (Å²) in [5, 5.41) is 0. The molecule has 0 spiro atoms. The van der Waals surface area contributed by atoms with Crippen molar-refractivity contribution in [1.29, 1.82) is 0 Å². The zero-order valence-corrected chi connectivity index (χ0v) is 16.3. The predicted octanol–water partition coefficient (Wildman–Crippen LogP) is 3.17. The molecule has 3 aliphatic heterocycles. The molecule has 0 N–H and O–H groups in total. The van der Waals surface area contributed by atoms with Crippen LogP contribution < -0.4 is 18.9 Å². The molecule has 0 aliphatic carbocycles. The molecule has 0 saturated carbocycles. The van der Waals surface area contributed by atoms with Gasteiger partial charge in [-0.15, -0.1) is 0 Å². The van der Waals surface area contributed by atoms with Gasteiger partial charge in [0.25, 0.3) is 0 Å². The largest absolute Gasteiger partial charge is 0.465 e. The fourth-order valence-electron chi connectivity index (χ4n) is 4.30. The van der Waals surface area contributed by atoms with Crippen molar-refractivity contribution in [2.75, 3.05) is 34.3 Å². The number of ether oxygens (including phenoxy) is 5. The van der Waals surface area contributed by atoms with Gasteiger partial charge in [0, 0.05) is 12.1 Å². The second kappa shape index (κ2) is 6.70. The smallest absolute Gasteiger partial charge is 0.338 e. The van der Waals surface area contributed by atoms with Gasteiger partial charge in [0.1, 0.15) is 0 Å². The summed E-state index contributed by atoms with van der Waals surface area (Å²) in [5.74, 6) is 2.15. The molecule has 7 nitrogen and oxygen atoms in total. The van der Waals surface area contributed by atoms with Crippen LogP contribution in [0.25, 0.3) is 5.57 Å². The Morgan fingerprint density at radius 2 is 1.83 bits per heavy atom. The first kappa shape index (κ1) is 17.9. The number of nitrogens with zero attached hydrogens (tertiary/aromatic N) is 1. The molecule has 3 aliphatic rings. The molecule has 29 heavy (non-hydrogen) atoms. The third-order valence-electron chi connectivity index (χ3n) is 5.70. The number of fused-ring (bicyclic) bond motifs is 4. The van der Waals surface area contributed by atoms with Crippen LogP contribution in [-0.4, -0.2) is 45.2 Å². The van der Waals surface area contributed by atoms with Crippen molar-refractivity contribution in [3.8, 4) is 23.0 Å².